The van der Waals surface area contributed by atoms with Gasteiger partial charge in [0.25, 0.3) is 0 Å². The highest BCUT2D eigenvalue weighted by Crippen LogP contribution is 2.10. The molecule has 0 heterocycles. The first-order valence-corrected chi connectivity index (χ1v) is 4.11. The lowest BCUT2D eigenvalue weighted by Gasteiger charge is -2.20. The Morgan fingerprint density at radius 3 is 2.00 bits per heavy atom. The molecule has 0 aromatic heterocycles. The van der Waals surface area contributed by atoms with E-state index in [1.807, 2.05) is 20.8 Å². The Hall–Kier alpha value is -0.0500. The molecule has 0 bridgehead atoms. The summed E-state index contributed by atoms with van der Waals surface area (Å²) in [6.45, 7) is 7.29. The van der Waals surface area contributed by atoms with Gasteiger partial charge >= 0.3 is 5.97 Å². The topological polar surface area (TPSA) is 26.3 Å². The van der Waals surface area contributed by atoms with Crippen molar-refractivity contribution in [3.05, 3.63) is 0 Å². The monoisotopic (exact) mass is 208 g/mol. The first-order valence-electron chi connectivity index (χ1n) is 3.20. The fourth-order valence-corrected chi connectivity index (χ4v) is 0.476. The van der Waals surface area contributed by atoms with Crippen LogP contribution in [0, 0.1) is 0 Å². The molecule has 3 heteroatoms. The summed E-state index contributed by atoms with van der Waals surface area (Å²) in [6, 6.07) is 0. The largest absolute Gasteiger partial charge is 0.459 e. The molecule has 0 radical (unpaired) electrons. The van der Waals surface area contributed by atoms with E-state index in [0.717, 1.165) is 0 Å². The second-order valence-electron chi connectivity index (χ2n) is 3.15. The van der Waals surface area contributed by atoms with Crippen molar-refractivity contribution in [2.75, 3.05) is 0 Å². The average Bonchev–Trinajstić information content (AvgIpc) is 1.60. The maximum Gasteiger partial charge on any atom is 0.319 e. The highest BCUT2D eigenvalue weighted by Gasteiger charge is 2.19. The van der Waals surface area contributed by atoms with Crippen molar-refractivity contribution in [1.29, 1.82) is 0 Å². The summed E-state index contributed by atoms with van der Waals surface area (Å²) in [4.78, 5) is 10.7. The van der Waals surface area contributed by atoms with Crippen LogP contribution in [0.4, 0.5) is 0 Å². The van der Waals surface area contributed by atoms with Crippen molar-refractivity contribution in [2.24, 2.45) is 0 Å². The standard InChI is InChI=1S/C7H13BrO2/c1-5(8)6(9)10-7(2,3)4/h5H,1-4H3/t5-/m1/s1. The number of carbonyl (C=O) groups excluding carboxylic acids is 1. The van der Waals surface area contributed by atoms with Gasteiger partial charge in [-0.25, -0.2) is 0 Å². The summed E-state index contributed by atoms with van der Waals surface area (Å²) in [5.41, 5.74) is -0.376. The van der Waals surface area contributed by atoms with Crippen LogP contribution in [0.3, 0.4) is 0 Å². The van der Waals surface area contributed by atoms with E-state index in [0.29, 0.717) is 0 Å². The molecule has 2 nitrogen and oxygen atoms in total. The van der Waals surface area contributed by atoms with Gasteiger partial charge < -0.3 is 4.74 Å². The molecule has 0 spiro atoms. The Labute approximate surface area is 70.1 Å². The number of carbonyl (C=O) groups is 1. The van der Waals surface area contributed by atoms with E-state index in [9.17, 15) is 4.79 Å². The third-order valence-electron chi connectivity index (χ3n) is 0.732. The summed E-state index contributed by atoms with van der Waals surface area (Å²) in [7, 11) is 0. The van der Waals surface area contributed by atoms with Gasteiger partial charge in [0, 0.05) is 0 Å². The van der Waals surface area contributed by atoms with Crippen LogP contribution in [-0.4, -0.2) is 16.4 Å². The highest BCUT2D eigenvalue weighted by molar-refractivity contribution is 9.10. The number of rotatable bonds is 1. The van der Waals surface area contributed by atoms with Crippen molar-refractivity contribution in [1.82, 2.24) is 0 Å². The van der Waals surface area contributed by atoms with Crippen LogP contribution < -0.4 is 0 Å². The Morgan fingerprint density at radius 2 is 1.90 bits per heavy atom. The molecule has 0 aromatic rings. The smallest absolute Gasteiger partial charge is 0.319 e. The molecule has 0 aliphatic rings. The number of ether oxygens (including phenoxy) is 1. The molecule has 1 atom stereocenters. The molecule has 0 aliphatic carbocycles. The quantitative estimate of drug-likeness (QED) is 0.488. The van der Waals surface area contributed by atoms with Crippen LogP contribution in [0.1, 0.15) is 27.7 Å². The number of hydrogen-bond donors (Lipinski definition) is 0. The number of halogens is 1. The van der Waals surface area contributed by atoms with Crippen molar-refractivity contribution in [3.8, 4) is 0 Å². The van der Waals surface area contributed by atoms with Crippen LogP contribution in [0.5, 0.6) is 0 Å². The van der Waals surface area contributed by atoms with E-state index < -0.39 is 0 Å². The summed E-state index contributed by atoms with van der Waals surface area (Å²) < 4.78 is 5.01. The van der Waals surface area contributed by atoms with E-state index in [1.165, 1.54) is 0 Å². The van der Waals surface area contributed by atoms with Gasteiger partial charge in [0.2, 0.25) is 0 Å². The first kappa shape index (κ1) is 9.95. The summed E-state index contributed by atoms with van der Waals surface area (Å²) in [5.74, 6) is -0.215. The normalized spacial score (nSPS) is 14.5. The zero-order chi connectivity index (χ0) is 8.36. The van der Waals surface area contributed by atoms with E-state index in [4.69, 9.17) is 4.74 Å². The minimum absolute atomic E-state index is 0.215. The lowest BCUT2D eigenvalue weighted by molar-refractivity contribution is -0.153. The maximum absolute atomic E-state index is 10.9. The van der Waals surface area contributed by atoms with Crippen LogP contribution >= 0.6 is 15.9 Å². The zero-order valence-corrected chi connectivity index (χ0v) is 8.36. The Balaban J connectivity index is 3.81. The Morgan fingerprint density at radius 1 is 1.50 bits per heavy atom. The van der Waals surface area contributed by atoms with Crippen LogP contribution in [0.25, 0.3) is 0 Å². The van der Waals surface area contributed by atoms with Gasteiger partial charge in [-0.2, -0.15) is 0 Å². The SMILES string of the molecule is C[C@@H](Br)C(=O)OC(C)(C)C. The average molecular weight is 209 g/mol. The fraction of sp³-hybridized carbons (Fsp3) is 0.857. The number of hydrogen-bond acceptors (Lipinski definition) is 2. The number of alkyl halides is 1. The fourth-order valence-electron chi connectivity index (χ4n) is 0.383. The van der Waals surface area contributed by atoms with Crippen molar-refractivity contribution in [3.63, 3.8) is 0 Å². The molecular weight excluding hydrogens is 196 g/mol. The third-order valence-corrected chi connectivity index (χ3v) is 1.11. The predicted octanol–water partition coefficient (Wildman–Crippen LogP) is 2.11. The van der Waals surface area contributed by atoms with Gasteiger partial charge in [0.15, 0.2) is 0 Å². The van der Waals surface area contributed by atoms with Crippen molar-refractivity contribution in [2.45, 2.75) is 38.1 Å². The van der Waals surface area contributed by atoms with E-state index in [-0.39, 0.29) is 16.4 Å². The molecule has 0 rings (SSSR count). The van der Waals surface area contributed by atoms with Gasteiger partial charge in [0.05, 0.1) is 0 Å². The molecule has 0 fully saturated rings. The zero-order valence-electron chi connectivity index (χ0n) is 6.77. The van der Waals surface area contributed by atoms with E-state index in [1.54, 1.807) is 6.92 Å². The molecule has 10 heavy (non-hydrogen) atoms. The van der Waals surface area contributed by atoms with Gasteiger partial charge in [-0.15, -0.1) is 0 Å². The van der Waals surface area contributed by atoms with Gasteiger partial charge in [0.1, 0.15) is 10.4 Å². The Kier molecular flexibility index (Phi) is 3.36. The van der Waals surface area contributed by atoms with Gasteiger partial charge in [-0.1, -0.05) is 15.9 Å². The molecular formula is C7H13BrO2. The minimum Gasteiger partial charge on any atom is -0.459 e. The van der Waals surface area contributed by atoms with Crippen LogP contribution in [0.2, 0.25) is 0 Å². The Bertz CT molecular complexity index is 124. The lowest BCUT2D eigenvalue weighted by Crippen LogP contribution is -2.27. The molecule has 0 amide bonds. The molecule has 0 aliphatic heterocycles. The molecule has 0 unspecified atom stereocenters. The summed E-state index contributed by atoms with van der Waals surface area (Å²) >= 11 is 3.12. The lowest BCUT2D eigenvalue weighted by atomic mass is 10.2. The van der Waals surface area contributed by atoms with E-state index in [2.05, 4.69) is 15.9 Å². The second-order valence-corrected chi connectivity index (χ2v) is 4.52. The number of esters is 1. The molecule has 0 N–H and O–H groups in total. The van der Waals surface area contributed by atoms with Gasteiger partial charge in [-0.05, 0) is 27.7 Å². The highest BCUT2D eigenvalue weighted by atomic mass is 79.9. The van der Waals surface area contributed by atoms with Crippen LogP contribution in [-0.2, 0) is 9.53 Å². The maximum atomic E-state index is 10.9. The summed E-state index contributed by atoms with van der Waals surface area (Å²) in [6.07, 6.45) is 0. The molecule has 0 saturated heterocycles. The minimum atomic E-state index is -0.376. The first-order chi connectivity index (χ1) is 4.33. The van der Waals surface area contributed by atoms with Crippen molar-refractivity contribution >= 4 is 21.9 Å². The van der Waals surface area contributed by atoms with Gasteiger partial charge in [-0.3, -0.25) is 4.79 Å². The molecule has 0 saturated carbocycles. The predicted molar refractivity (Wildman–Crippen MR) is 44.2 cm³/mol. The van der Waals surface area contributed by atoms with Crippen molar-refractivity contribution < 1.29 is 9.53 Å². The molecule has 60 valence electrons. The molecule has 0 aromatic carbocycles. The third kappa shape index (κ3) is 4.79. The summed E-state index contributed by atoms with van der Waals surface area (Å²) in [5, 5.41) is 0. The van der Waals surface area contributed by atoms with Crippen LogP contribution in [0.15, 0.2) is 0 Å². The van der Waals surface area contributed by atoms with E-state index >= 15 is 0 Å². The second kappa shape index (κ2) is 3.37.